The third-order valence-electron chi connectivity index (χ3n) is 2.00. The summed E-state index contributed by atoms with van der Waals surface area (Å²) in [6.07, 6.45) is 1.42. The maximum absolute atomic E-state index is 9.35. The van der Waals surface area contributed by atoms with Crippen molar-refractivity contribution >= 4 is 34.1 Å². The molecule has 84 valence electrons. The standard InChI is InChI=1S/C10H15ClN2OS/c1-6(7(2)14)5-8-9(11)12-10(15-8)13(3)4/h5,7,14H,1-4H3. The Morgan fingerprint density at radius 2 is 2.20 bits per heavy atom. The lowest BCUT2D eigenvalue weighted by molar-refractivity contribution is 0.232. The fourth-order valence-electron chi connectivity index (χ4n) is 0.910. The average molecular weight is 247 g/mol. The molecule has 15 heavy (non-hydrogen) atoms. The van der Waals surface area contributed by atoms with E-state index in [0.717, 1.165) is 15.6 Å². The smallest absolute Gasteiger partial charge is 0.186 e. The summed E-state index contributed by atoms with van der Waals surface area (Å²) in [7, 11) is 3.84. The van der Waals surface area contributed by atoms with Gasteiger partial charge in [-0.05, 0) is 25.5 Å². The first kappa shape index (κ1) is 12.5. The summed E-state index contributed by atoms with van der Waals surface area (Å²) in [4.78, 5) is 7.00. The van der Waals surface area contributed by atoms with E-state index in [-0.39, 0.29) is 0 Å². The average Bonchev–Trinajstić information content (AvgIpc) is 2.47. The van der Waals surface area contributed by atoms with Gasteiger partial charge in [-0.3, -0.25) is 0 Å². The number of nitrogens with zero attached hydrogens (tertiary/aromatic N) is 2. The minimum atomic E-state index is -0.453. The highest BCUT2D eigenvalue weighted by molar-refractivity contribution is 7.17. The van der Waals surface area contributed by atoms with Gasteiger partial charge in [-0.25, -0.2) is 4.98 Å². The number of hydrogen-bond acceptors (Lipinski definition) is 4. The van der Waals surface area contributed by atoms with Crippen molar-refractivity contribution in [2.75, 3.05) is 19.0 Å². The molecule has 5 heteroatoms. The van der Waals surface area contributed by atoms with Crippen molar-refractivity contribution in [3.8, 4) is 0 Å². The van der Waals surface area contributed by atoms with E-state index in [1.54, 1.807) is 6.92 Å². The van der Waals surface area contributed by atoms with Crippen LogP contribution in [0.5, 0.6) is 0 Å². The van der Waals surface area contributed by atoms with Crippen molar-refractivity contribution in [1.29, 1.82) is 0 Å². The van der Waals surface area contributed by atoms with Gasteiger partial charge in [0.25, 0.3) is 0 Å². The fraction of sp³-hybridized carbons (Fsp3) is 0.500. The third kappa shape index (κ3) is 3.19. The van der Waals surface area contributed by atoms with Gasteiger partial charge < -0.3 is 10.0 Å². The Balaban J connectivity index is 3.00. The van der Waals surface area contributed by atoms with Gasteiger partial charge in [-0.1, -0.05) is 22.9 Å². The molecule has 1 atom stereocenters. The number of aliphatic hydroxyl groups excluding tert-OH is 1. The van der Waals surface area contributed by atoms with Crippen LogP contribution in [0.1, 0.15) is 18.7 Å². The van der Waals surface area contributed by atoms with Crippen molar-refractivity contribution < 1.29 is 5.11 Å². The zero-order valence-corrected chi connectivity index (χ0v) is 10.9. The van der Waals surface area contributed by atoms with E-state index in [2.05, 4.69) is 4.98 Å². The van der Waals surface area contributed by atoms with Crippen LogP contribution >= 0.6 is 22.9 Å². The minimum Gasteiger partial charge on any atom is -0.389 e. The second-order valence-electron chi connectivity index (χ2n) is 3.61. The third-order valence-corrected chi connectivity index (χ3v) is 3.57. The first-order chi connectivity index (χ1) is 6.91. The summed E-state index contributed by atoms with van der Waals surface area (Å²) in [5.74, 6) is 0. The molecule has 0 aliphatic heterocycles. The SMILES string of the molecule is CC(=Cc1sc(N(C)C)nc1Cl)C(C)O. The summed E-state index contributed by atoms with van der Waals surface area (Å²) < 4.78 is 0. The Bertz CT molecular complexity index is 371. The predicted molar refractivity (Wildman–Crippen MR) is 66.8 cm³/mol. The van der Waals surface area contributed by atoms with Gasteiger partial charge in [0.1, 0.15) is 5.15 Å². The van der Waals surface area contributed by atoms with E-state index in [9.17, 15) is 5.11 Å². The molecule has 0 aliphatic rings. The van der Waals surface area contributed by atoms with Crippen molar-refractivity contribution in [3.63, 3.8) is 0 Å². The van der Waals surface area contributed by atoms with E-state index in [1.807, 2.05) is 32.0 Å². The van der Waals surface area contributed by atoms with Crippen LogP contribution in [0.15, 0.2) is 5.57 Å². The highest BCUT2D eigenvalue weighted by Gasteiger charge is 2.09. The summed E-state index contributed by atoms with van der Waals surface area (Å²) in [6.45, 7) is 3.60. The molecule has 0 radical (unpaired) electrons. The van der Waals surface area contributed by atoms with Gasteiger partial charge in [0.05, 0.1) is 11.0 Å². The Morgan fingerprint density at radius 3 is 2.60 bits per heavy atom. The lowest BCUT2D eigenvalue weighted by Gasteiger charge is -2.05. The number of hydrogen-bond donors (Lipinski definition) is 1. The molecule has 1 rings (SSSR count). The summed E-state index contributed by atoms with van der Waals surface area (Å²) in [6, 6.07) is 0. The van der Waals surface area contributed by atoms with Crippen LogP contribution in [-0.4, -0.2) is 30.3 Å². The quantitative estimate of drug-likeness (QED) is 0.891. The van der Waals surface area contributed by atoms with Crippen LogP contribution in [0, 0.1) is 0 Å². The molecule has 0 saturated heterocycles. The molecule has 0 bridgehead atoms. The molecule has 0 aliphatic carbocycles. The van der Waals surface area contributed by atoms with Crippen molar-refractivity contribution in [2.45, 2.75) is 20.0 Å². The first-order valence-electron chi connectivity index (χ1n) is 4.61. The zero-order valence-electron chi connectivity index (χ0n) is 9.28. The van der Waals surface area contributed by atoms with Crippen LogP contribution in [0.25, 0.3) is 6.08 Å². The van der Waals surface area contributed by atoms with E-state index in [0.29, 0.717) is 5.15 Å². The highest BCUT2D eigenvalue weighted by Crippen LogP contribution is 2.30. The molecule has 3 nitrogen and oxygen atoms in total. The minimum absolute atomic E-state index is 0.453. The lowest BCUT2D eigenvalue weighted by atomic mass is 10.2. The zero-order chi connectivity index (χ0) is 11.6. The van der Waals surface area contributed by atoms with Gasteiger partial charge in [-0.2, -0.15) is 0 Å². The monoisotopic (exact) mass is 246 g/mol. The molecule has 1 aromatic heterocycles. The van der Waals surface area contributed by atoms with Crippen molar-refractivity contribution in [1.82, 2.24) is 4.98 Å². The molecule has 1 N–H and O–H groups in total. The maximum Gasteiger partial charge on any atom is 0.186 e. The van der Waals surface area contributed by atoms with Gasteiger partial charge in [0.15, 0.2) is 5.13 Å². The number of rotatable bonds is 3. The van der Waals surface area contributed by atoms with E-state index in [4.69, 9.17) is 11.6 Å². The lowest BCUT2D eigenvalue weighted by Crippen LogP contribution is -2.07. The fourth-order valence-corrected chi connectivity index (χ4v) is 2.10. The molecule has 1 heterocycles. The highest BCUT2D eigenvalue weighted by atomic mass is 35.5. The van der Waals surface area contributed by atoms with Gasteiger partial charge in [0.2, 0.25) is 0 Å². The van der Waals surface area contributed by atoms with Gasteiger partial charge >= 0.3 is 0 Å². The molecule has 1 aromatic rings. The summed E-state index contributed by atoms with van der Waals surface area (Å²) >= 11 is 7.49. The molecule has 0 saturated carbocycles. The predicted octanol–water partition coefficient (Wildman–Crippen LogP) is 2.65. The number of aliphatic hydroxyl groups is 1. The van der Waals surface area contributed by atoms with E-state index >= 15 is 0 Å². The van der Waals surface area contributed by atoms with Crippen LogP contribution in [0.2, 0.25) is 5.15 Å². The molecular weight excluding hydrogens is 232 g/mol. The molecule has 0 aromatic carbocycles. The molecule has 0 spiro atoms. The Hall–Kier alpha value is -0.580. The van der Waals surface area contributed by atoms with Gasteiger partial charge in [-0.15, -0.1) is 0 Å². The van der Waals surface area contributed by atoms with Crippen LogP contribution in [-0.2, 0) is 0 Å². The van der Waals surface area contributed by atoms with Crippen molar-refractivity contribution in [2.24, 2.45) is 0 Å². The second kappa shape index (κ2) is 4.96. The number of halogens is 1. The van der Waals surface area contributed by atoms with E-state index in [1.165, 1.54) is 11.3 Å². The summed E-state index contributed by atoms with van der Waals surface area (Å²) in [5.41, 5.74) is 0.880. The Morgan fingerprint density at radius 1 is 1.60 bits per heavy atom. The second-order valence-corrected chi connectivity index (χ2v) is 4.98. The topological polar surface area (TPSA) is 36.4 Å². The first-order valence-corrected chi connectivity index (χ1v) is 5.81. The number of aromatic nitrogens is 1. The van der Waals surface area contributed by atoms with Crippen molar-refractivity contribution in [3.05, 3.63) is 15.6 Å². The summed E-state index contributed by atoms with van der Waals surface area (Å²) in [5, 5.41) is 10.7. The number of anilines is 1. The van der Waals surface area contributed by atoms with Crippen LogP contribution < -0.4 is 4.90 Å². The Labute approximate surface area is 99.0 Å². The Kier molecular flexibility index (Phi) is 4.13. The molecule has 0 amide bonds. The van der Waals surface area contributed by atoms with Crippen LogP contribution in [0.4, 0.5) is 5.13 Å². The molecule has 1 unspecified atom stereocenters. The molecular formula is C10H15ClN2OS. The van der Waals surface area contributed by atoms with E-state index < -0.39 is 6.10 Å². The molecule has 0 fully saturated rings. The number of thiazole rings is 1. The van der Waals surface area contributed by atoms with Crippen LogP contribution in [0.3, 0.4) is 0 Å². The maximum atomic E-state index is 9.35. The normalized spacial score (nSPS) is 14.1. The van der Waals surface area contributed by atoms with Gasteiger partial charge in [0, 0.05) is 14.1 Å². The largest absolute Gasteiger partial charge is 0.389 e.